The van der Waals surface area contributed by atoms with E-state index in [1.165, 1.54) is 21.8 Å². The van der Waals surface area contributed by atoms with Crippen LogP contribution in [0.4, 0.5) is 21.5 Å². The highest BCUT2D eigenvalue weighted by Crippen LogP contribution is 2.60. The molecule has 6 fully saturated rings. The molecule has 10 heterocycles. The zero-order valence-electron chi connectivity index (χ0n) is 42.4. The number of anilines is 2. The fourth-order valence-electron chi connectivity index (χ4n) is 10.00. The SMILES string of the molecule is CCOc1nc(N)nc2c1ncn2[C@@H]1O[C@H](CO[P@@]2(=O)OCC[C@@H](c3cccc(Cl)c3Cl)O2)[C@H]2OC(=O)O[C@]21C.CCOc1nc(N)nc2c1ncn2[C@@H]1O[C@H](CO[P@]2(=O)OCC[C@H](c3cccc(Cl)c3Cl)O2)[C@H]2OC(=O)O[C@]21C. The predicted octanol–water partition coefficient (Wildman–Crippen LogP) is 9.22. The molecule has 0 saturated carbocycles. The third kappa shape index (κ3) is 10.5. The van der Waals surface area contributed by atoms with Crippen molar-refractivity contribution in [3.8, 4) is 11.8 Å². The highest BCUT2D eigenvalue weighted by molar-refractivity contribution is 7.48. The number of imidazole rings is 2. The van der Waals surface area contributed by atoms with E-state index < -0.39 is 88.2 Å². The van der Waals surface area contributed by atoms with Crippen LogP contribution >= 0.6 is 62.0 Å². The number of ether oxygens (including phenoxy) is 8. The second-order valence-electron chi connectivity index (χ2n) is 18.7. The summed E-state index contributed by atoms with van der Waals surface area (Å²) in [6.45, 7) is 7.05. The summed E-state index contributed by atoms with van der Waals surface area (Å²) in [6, 6.07) is 10.2. The molecule has 80 heavy (non-hydrogen) atoms. The normalized spacial score (nSPS) is 31.6. The van der Waals surface area contributed by atoms with Gasteiger partial charge < -0.3 is 49.4 Å². The maximum absolute atomic E-state index is 13.4. The first kappa shape index (κ1) is 56.4. The molecule has 34 heteroatoms. The van der Waals surface area contributed by atoms with Crippen molar-refractivity contribution in [1.29, 1.82) is 0 Å². The number of rotatable bonds is 14. The number of nitrogens with zero attached hydrogens (tertiary/aromatic N) is 8. The standard InChI is InChI=1S/2C23H24Cl2N5O9P/c2*1-3-33-19-16-18(28-21(26)29-19)30(10-27-16)20-23(2)17(37-22(31)38-23)14(36-20)9-35-40(32)34-8-7-13(39-40)11-5-4-6-12(24)15(11)25/h2*4-6,10,13-14,17,20H,3,7-9H2,1-2H3,(H2,26,28,29)/t13-,14+,17+,20+,23+,40+;13-,14-,17-,20-,23-,40+/m01/s1. The maximum Gasteiger partial charge on any atom is 0.509 e. The van der Waals surface area contributed by atoms with Gasteiger partial charge in [-0.25, -0.2) is 28.7 Å². The Kier molecular flexibility index (Phi) is 15.6. The van der Waals surface area contributed by atoms with E-state index in [-0.39, 0.29) is 50.1 Å². The van der Waals surface area contributed by atoms with Gasteiger partial charge in [0, 0.05) is 24.0 Å². The van der Waals surface area contributed by atoms with Crippen molar-refractivity contribution in [2.24, 2.45) is 0 Å². The Balaban J connectivity index is 0.000000169. The van der Waals surface area contributed by atoms with Crippen molar-refractivity contribution in [3.63, 3.8) is 0 Å². The average Bonchev–Trinajstić information content (AvgIpc) is 4.25. The van der Waals surface area contributed by atoms with Crippen LogP contribution < -0.4 is 20.9 Å². The number of carbonyl (C=O) groups excluding carboxylic acids is 2. The highest BCUT2D eigenvalue weighted by Gasteiger charge is 2.66. The fraction of sp³-hybridized carbons (Fsp3) is 0.478. The minimum absolute atomic E-state index is 0.0454. The lowest BCUT2D eigenvalue weighted by Gasteiger charge is -2.30. The van der Waals surface area contributed by atoms with Crippen LogP contribution in [0, 0.1) is 0 Å². The van der Waals surface area contributed by atoms with Gasteiger partial charge in [0.15, 0.2) is 58.2 Å². The van der Waals surface area contributed by atoms with Gasteiger partial charge in [0.2, 0.25) is 23.7 Å². The van der Waals surface area contributed by atoms with Crippen LogP contribution in [0.5, 0.6) is 11.8 Å². The van der Waals surface area contributed by atoms with Crippen LogP contribution in [0.15, 0.2) is 49.1 Å². The van der Waals surface area contributed by atoms with Crippen molar-refractivity contribution in [2.75, 3.05) is 51.1 Å². The summed E-state index contributed by atoms with van der Waals surface area (Å²) in [5.41, 5.74) is 11.5. The van der Waals surface area contributed by atoms with Crippen LogP contribution in [0.1, 0.15) is 76.3 Å². The number of phosphoric acid groups is 2. The molecular weight excluding hydrogens is 1180 g/mol. The summed E-state index contributed by atoms with van der Waals surface area (Å²) in [5, 5.41) is 1.26. The molecule has 6 aliphatic rings. The lowest BCUT2D eigenvalue weighted by atomic mass is 9.96. The Morgan fingerprint density at radius 1 is 0.650 bits per heavy atom. The first-order valence-corrected chi connectivity index (χ1v) is 29.1. The molecule has 0 spiro atoms. The molecule has 0 amide bonds. The molecule has 12 rings (SSSR count). The number of phosphoric ester groups is 2. The van der Waals surface area contributed by atoms with E-state index in [2.05, 4.69) is 29.9 Å². The number of fused-ring (bicyclic) bond motifs is 4. The first-order chi connectivity index (χ1) is 38.2. The molecule has 12 atom stereocenters. The number of hydrogen-bond donors (Lipinski definition) is 2. The van der Waals surface area contributed by atoms with Crippen molar-refractivity contribution in [2.45, 2.75) is 101 Å². The molecule has 0 radical (unpaired) electrons. The van der Waals surface area contributed by atoms with E-state index in [1.54, 1.807) is 64.1 Å². The second-order valence-corrected chi connectivity index (χ2v) is 23.5. The second kappa shape index (κ2) is 22.1. The van der Waals surface area contributed by atoms with Gasteiger partial charge in [0.05, 0.1) is 84.6 Å². The van der Waals surface area contributed by atoms with E-state index in [0.29, 0.717) is 79.6 Å². The molecule has 6 aromatic rings. The monoisotopic (exact) mass is 1230 g/mol. The number of carbonyl (C=O) groups is 2. The lowest BCUT2D eigenvalue weighted by molar-refractivity contribution is -0.0927. The number of benzene rings is 2. The van der Waals surface area contributed by atoms with Crippen molar-refractivity contribution >= 4 is 109 Å². The van der Waals surface area contributed by atoms with Gasteiger partial charge in [0.25, 0.3) is 0 Å². The topological polar surface area (TPSA) is 337 Å². The average molecular weight is 1230 g/mol. The van der Waals surface area contributed by atoms with Gasteiger partial charge in [-0.2, -0.15) is 19.9 Å². The summed E-state index contributed by atoms with van der Waals surface area (Å²) in [7, 11) is -8.14. The molecule has 4 N–H and O–H groups in total. The van der Waals surface area contributed by atoms with Crippen LogP contribution in [-0.2, 0) is 64.7 Å². The minimum Gasteiger partial charge on any atom is -0.476 e. The predicted molar refractivity (Wildman–Crippen MR) is 278 cm³/mol. The Morgan fingerprint density at radius 3 is 1.46 bits per heavy atom. The Morgan fingerprint density at radius 2 is 1.06 bits per heavy atom. The van der Waals surface area contributed by atoms with Crippen LogP contribution in [0.2, 0.25) is 20.1 Å². The summed E-state index contributed by atoms with van der Waals surface area (Å²) >= 11 is 24.9. The molecule has 28 nitrogen and oxygen atoms in total. The molecular formula is C46H48Cl4N10O18P2. The van der Waals surface area contributed by atoms with Gasteiger partial charge in [-0.3, -0.25) is 36.3 Å². The molecule has 428 valence electrons. The van der Waals surface area contributed by atoms with Crippen LogP contribution in [0.25, 0.3) is 22.3 Å². The van der Waals surface area contributed by atoms with Crippen molar-refractivity contribution < 1.29 is 83.8 Å². The van der Waals surface area contributed by atoms with Gasteiger partial charge >= 0.3 is 28.0 Å². The largest absolute Gasteiger partial charge is 0.509 e. The smallest absolute Gasteiger partial charge is 0.476 e. The third-order valence-corrected chi connectivity index (χ3v) is 18.2. The molecule has 0 unspecified atom stereocenters. The van der Waals surface area contributed by atoms with E-state index in [4.69, 9.17) is 123 Å². The Labute approximate surface area is 473 Å². The lowest BCUT2D eigenvalue weighted by Crippen LogP contribution is -2.42. The van der Waals surface area contributed by atoms with E-state index >= 15 is 0 Å². The zero-order chi connectivity index (χ0) is 56.5. The molecule has 2 aromatic carbocycles. The van der Waals surface area contributed by atoms with E-state index in [9.17, 15) is 18.7 Å². The molecule has 0 aliphatic carbocycles. The zero-order valence-corrected chi connectivity index (χ0v) is 47.2. The summed E-state index contributed by atoms with van der Waals surface area (Å²) in [5.74, 6) is 0.302. The van der Waals surface area contributed by atoms with Gasteiger partial charge in [-0.1, -0.05) is 70.7 Å². The van der Waals surface area contributed by atoms with E-state index in [1.807, 2.05) is 0 Å². The number of nitrogen functional groups attached to an aromatic ring is 2. The minimum atomic E-state index is -4.07. The van der Waals surface area contributed by atoms with Gasteiger partial charge in [-0.05, 0) is 39.8 Å². The van der Waals surface area contributed by atoms with Crippen LogP contribution in [0.3, 0.4) is 0 Å². The molecule has 4 aromatic heterocycles. The summed E-state index contributed by atoms with van der Waals surface area (Å²) in [4.78, 5) is 50.0. The van der Waals surface area contributed by atoms with Gasteiger partial charge in [0.1, 0.15) is 12.2 Å². The molecule has 0 bridgehead atoms. The number of hydrogen-bond acceptors (Lipinski definition) is 26. The van der Waals surface area contributed by atoms with E-state index in [0.717, 1.165) is 0 Å². The highest BCUT2D eigenvalue weighted by atomic mass is 35.5. The number of aromatic nitrogens is 8. The first-order valence-electron chi connectivity index (χ1n) is 24.6. The fourth-order valence-corrected chi connectivity index (χ4v) is 13.6. The van der Waals surface area contributed by atoms with Crippen LogP contribution in [-0.4, -0.2) is 127 Å². The van der Waals surface area contributed by atoms with Crippen molar-refractivity contribution in [3.05, 3.63) is 80.3 Å². The third-order valence-electron chi connectivity index (χ3n) is 13.5. The number of nitrogens with two attached hydrogens (primary N) is 2. The Bertz CT molecular complexity index is 3270. The summed E-state index contributed by atoms with van der Waals surface area (Å²) in [6.07, 6.45) is -5.20. The quantitative estimate of drug-likeness (QED) is 0.0757. The molecule has 6 aliphatic heterocycles. The Hall–Kier alpha value is -5.42. The number of halogens is 4. The molecule has 6 saturated heterocycles. The maximum atomic E-state index is 13.4. The van der Waals surface area contributed by atoms with Crippen molar-refractivity contribution in [1.82, 2.24) is 39.0 Å². The summed E-state index contributed by atoms with van der Waals surface area (Å²) < 4.78 is 109. The van der Waals surface area contributed by atoms with Gasteiger partial charge in [-0.15, -0.1) is 0 Å².